The molecule has 0 aromatic carbocycles. The van der Waals surface area contributed by atoms with Gasteiger partial charge in [0.25, 0.3) is 0 Å². The Labute approximate surface area is 98.7 Å². The molecule has 1 aromatic rings. The summed E-state index contributed by atoms with van der Waals surface area (Å²) in [5, 5.41) is 17.6. The van der Waals surface area contributed by atoms with Crippen LogP contribution in [0.3, 0.4) is 0 Å². The molecule has 0 atom stereocenters. The van der Waals surface area contributed by atoms with E-state index in [0.717, 1.165) is 0 Å². The van der Waals surface area contributed by atoms with Gasteiger partial charge in [0.1, 0.15) is 0 Å². The van der Waals surface area contributed by atoms with E-state index in [1.165, 1.54) is 10.9 Å². The number of nitro groups is 1. The highest BCUT2D eigenvalue weighted by atomic mass is 35.5. The molecule has 1 N–H and O–H groups in total. The lowest BCUT2D eigenvalue weighted by Gasteiger charge is -2.19. The topological polar surface area (TPSA) is 73.0 Å². The van der Waals surface area contributed by atoms with Crippen LogP contribution in [0.5, 0.6) is 0 Å². The summed E-state index contributed by atoms with van der Waals surface area (Å²) in [5.41, 5.74) is 0.0167. The molecule has 16 heavy (non-hydrogen) atoms. The van der Waals surface area contributed by atoms with Crippen molar-refractivity contribution in [2.24, 2.45) is 0 Å². The SMILES string of the molecule is CC(C)(C)NCCn1cc(Cl)c([N+](=O)[O-])n1. The van der Waals surface area contributed by atoms with Crippen LogP contribution < -0.4 is 5.32 Å². The summed E-state index contributed by atoms with van der Waals surface area (Å²) in [6.07, 6.45) is 1.46. The summed E-state index contributed by atoms with van der Waals surface area (Å²) in [6.45, 7) is 7.37. The molecule has 0 unspecified atom stereocenters. The Morgan fingerprint density at radius 3 is 2.69 bits per heavy atom. The van der Waals surface area contributed by atoms with Crippen LogP contribution in [0.25, 0.3) is 0 Å². The number of aromatic nitrogens is 2. The summed E-state index contributed by atoms with van der Waals surface area (Å²) in [7, 11) is 0. The molecule has 1 aromatic heterocycles. The number of rotatable bonds is 4. The van der Waals surface area contributed by atoms with Crippen molar-refractivity contribution in [1.29, 1.82) is 0 Å². The molecule has 7 heteroatoms. The second-order valence-electron chi connectivity index (χ2n) is 4.50. The van der Waals surface area contributed by atoms with Crippen molar-refractivity contribution in [1.82, 2.24) is 15.1 Å². The molecule has 0 radical (unpaired) electrons. The van der Waals surface area contributed by atoms with Gasteiger partial charge in [-0.2, -0.15) is 4.68 Å². The highest BCUT2D eigenvalue weighted by Gasteiger charge is 2.18. The van der Waals surface area contributed by atoms with Crippen LogP contribution in [0.15, 0.2) is 6.20 Å². The van der Waals surface area contributed by atoms with Gasteiger partial charge in [0.05, 0.1) is 17.8 Å². The molecular formula is C9H15ClN4O2. The van der Waals surface area contributed by atoms with Gasteiger partial charge in [-0.05, 0) is 25.7 Å². The Balaban J connectivity index is 2.56. The summed E-state index contributed by atoms with van der Waals surface area (Å²) < 4.78 is 1.47. The monoisotopic (exact) mass is 246 g/mol. The van der Waals surface area contributed by atoms with E-state index in [2.05, 4.69) is 10.4 Å². The van der Waals surface area contributed by atoms with E-state index in [-0.39, 0.29) is 16.4 Å². The first-order chi connectivity index (χ1) is 7.29. The normalized spacial score (nSPS) is 11.8. The maximum atomic E-state index is 10.5. The van der Waals surface area contributed by atoms with Crippen molar-refractivity contribution in [2.45, 2.75) is 32.9 Å². The molecule has 0 aliphatic heterocycles. The molecule has 6 nitrogen and oxygen atoms in total. The van der Waals surface area contributed by atoms with Gasteiger partial charge in [-0.1, -0.05) is 11.6 Å². The molecule has 0 saturated carbocycles. The minimum Gasteiger partial charge on any atom is -0.358 e. The molecular weight excluding hydrogens is 232 g/mol. The summed E-state index contributed by atoms with van der Waals surface area (Å²) >= 11 is 5.66. The molecule has 0 fully saturated rings. The van der Waals surface area contributed by atoms with Gasteiger partial charge in [0.2, 0.25) is 0 Å². The first kappa shape index (κ1) is 12.9. The Bertz CT molecular complexity index is 383. The molecule has 1 rings (SSSR count). The van der Waals surface area contributed by atoms with Gasteiger partial charge in [-0.25, -0.2) is 0 Å². The van der Waals surface area contributed by atoms with Crippen molar-refractivity contribution in [3.05, 3.63) is 21.3 Å². The van der Waals surface area contributed by atoms with E-state index in [4.69, 9.17) is 11.6 Å². The van der Waals surface area contributed by atoms with Crippen molar-refractivity contribution in [3.8, 4) is 0 Å². The molecule has 0 saturated heterocycles. The van der Waals surface area contributed by atoms with Gasteiger partial charge >= 0.3 is 5.82 Å². The van der Waals surface area contributed by atoms with E-state index in [0.29, 0.717) is 13.1 Å². The van der Waals surface area contributed by atoms with E-state index in [1.807, 2.05) is 20.8 Å². The number of hydrogen-bond acceptors (Lipinski definition) is 4. The van der Waals surface area contributed by atoms with Gasteiger partial charge < -0.3 is 15.4 Å². The third-order valence-corrected chi connectivity index (χ3v) is 2.13. The minimum atomic E-state index is -0.587. The lowest BCUT2D eigenvalue weighted by molar-refractivity contribution is -0.389. The fourth-order valence-corrected chi connectivity index (χ4v) is 1.39. The van der Waals surface area contributed by atoms with Crippen LogP contribution in [0, 0.1) is 10.1 Å². The van der Waals surface area contributed by atoms with Gasteiger partial charge in [-0.3, -0.25) is 0 Å². The number of nitrogens with one attached hydrogen (secondary N) is 1. The van der Waals surface area contributed by atoms with Crippen molar-refractivity contribution in [2.75, 3.05) is 6.54 Å². The quantitative estimate of drug-likeness (QED) is 0.650. The standard InChI is InChI=1S/C9H15ClN4O2/c1-9(2,3)11-4-5-13-6-7(10)8(12-13)14(15)16/h6,11H,4-5H2,1-3H3. The van der Waals surface area contributed by atoms with E-state index >= 15 is 0 Å². The van der Waals surface area contributed by atoms with Crippen LogP contribution in [0.2, 0.25) is 5.02 Å². The number of nitrogens with zero attached hydrogens (tertiary/aromatic N) is 3. The molecule has 0 aliphatic carbocycles. The van der Waals surface area contributed by atoms with Crippen LogP contribution in [0.4, 0.5) is 5.82 Å². The molecule has 1 heterocycles. The smallest absolute Gasteiger partial charge is 0.358 e. The van der Waals surface area contributed by atoms with Gasteiger partial charge in [0, 0.05) is 12.1 Å². The third-order valence-electron chi connectivity index (χ3n) is 1.87. The maximum absolute atomic E-state index is 10.5. The van der Waals surface area contributed by atoms with Crippen molar-refractivity contribution in [3.63, 3.8) is 0 Å². The van der Waals surface area contributed by atoms with Crippen molar-refractivity contribution < 1.29 is 4.92 Å². The lowest BCUT2D eigenvalue weighted by Crippen LogP contribution is -2.37. The highest BCUT2D eigenvalue weighted by Crippen LogP contribution is 2.20. The summed E-state index contributed by atoms with van der Waals surface area (Å²) in [5.74, 6) is -0.294. The van der Waals surface area contributed by atoms with E-state index in [9.17, 15) is 10.1 Å². The van der Waals surface area contributed by atoms with Crippen molar-refractivity contribution >= 4 is 17.4 Å². The Kier molecular flexibility index (Phi) is 3.88. The van der Waals surface area contributed by atoms with Crippen LogP contribution in [0.1, 0.15) is 20.8 Å². The maximum Gasteiger partial charge on any atom is 0.408 e. The minimum absolute atomic E-state index is 0.0167. The summed E-state index contributed by atoms with van der Waals surface area (Å²) in [6, 6.07) is 0. The largest absolute Gasteiger partial charge is 0.408 e. The zero-order valence-corrected chi connectivity index (χ0v) is 10.3. The Hall–Kier alpha value is -1.14. The van der Waals surface area contributed by atoms with Gasteiger partial charge in [-0.15, -0.1) is 0 Å². The number of hydrogen-bond donors (Lipinski definition) is 1. The third kappa shape index (κ3) is 3.79. The molecule has 0 amide bonds. The summed E-state index contributed by atoms with van der Waals surface area (Å²) in [4.78, 5) is 9.91. The lowest BCUT2D eigenvalue weighted by atomic mass is 10.1. The van der Waals surface area contributed by atoms with E-state index < -0.39 is 4.92 Å². The predicted molar refractivity (Wildman–Crippen MR) is 61.6 cm³/mol. The highest BCUT2D eigenvalue weighted by molar-refractivity contribution is 6.32. The average molecular weight is 247 g/mol. The molecule has 0 bridgehead atoms. The van der Waals surface area contributed by atoms with Crippen LogP contribution >= 0.6 is 11.6 Å². The van der Waals surface area contributed by atoms with Crippen LogP contribution in [-0.4, -0.2) is 26.8 Å². The molecule has 0 aliphatic rings. The Morgan fingerprint density at radius 2 is 2.25 bits per heavy atom. The van der Waals surface area contributed by atoms with E-state index in [1.54, 1.807) is 0 Å². The average Bonchev–Trinajstić information content (AvgIpc) is 2.44. The first-order valence-electron chi connectivity index (χ1n) is 4.92. The molecule has 90 valence electrons. The second kappa shape index (κ2) is 4.80. The fraction of sp³-hybridized carbons (Fsp3) is 0.667. The van der Waals surface area contributed by atoms with Gasteiger partial charge in [0.15, 0.2) is 5.02 Å². The zero-order chi connectivity index (χ0) is 12.3. The molecule has 0 spiro atoms. The van der Waals surface area contributed by atoms with Crippen LogP contribution in [-0.2, 0) is 6.54 Å². The Morgan fingerprint density at radius 1 is 1.62 bits per heavy atom. The second-order valence-corrected chi connectivity index (χ2v) is 4.90. The number of halogens is 1. The predicted octanol–water partition coefficient (Wildman–Crippen LogP) is 1.83. The zero-order valence-electron chi connectivity index (χ0n) is 9.53. The fourth-order valence-electron chi connectivity index (χ4n) is 1.17. The first-order valence-corrected chi connectivity index (χ1v) is 5.30.